The third-order valence-electron chi connectivity index (χ3n) is 3.65. The second-order valence-corrected chi connectivity index (χ2v) is 6.06. The minimum absolute atomic E-state index is 0.0188. The van der Waals surface area contributed by atoms with Crippen LogP contribution in [0.25, 0.3) is 0 Å². The molecule has 0 spiro atoms. The molecule has 2 rings (SSSR count). The van der Waals surface area contributed by atoms with Gasteiger partial charge in [-0.3, -0.25) is 0 Å². The van der Waals surface area contributed by atoms with Gasteiger partial charge in [0.2, 0.25) is 0 Å². The number of hydrogen-bond donors (Lipinski definition) is 1. The molecule has 0 fully saturated rings. The zero-order valence-corrected chi connectivity index (χ0v) is 14.9. The zero-order valence-electron chi connectivity index (χ0n) is 14.9. The molecule has 24 heavy (non-hydrogen) atoms. The van der Waals surface area contributed by atoms with Crippen molar-refractivity contribution in [3.63, 3.8) is 0 Å². The highest BCUT2D eigenvalue weighted by molar-refractivity contribution is 5.40. The van der Waals surface area contributed by atoms with Gasteiger partial charge in [0.15, 0.2) is 0 Å². The van der Waals surface area contributed by atoms with Crippen molar-refractivity contribution in [2.75, 3.05) is 27.4 Å². The minimum Gasteiger partial charge on any atom is -0.497 e. The highest BCUT2D eigenvalue weighted by atomic mass is 16.5. The first-order valence-electron chi connectivity index (χ1n) is 8.19. The van der Waals surface area contributed by atoms with E-state index in [-0.39, 0.29) is 6.04 Å². The molecule has 1 heterocycles. The fraction of sp³-hybridized carbons (Fsp3) is 0.474. The predicted octanol–water partition coefficient (Wildman–Crippen LogP) is 3.80. The molecule has 0 aliphatic rings. The lowest BCUT2D eigenvalue weighted by molar-refractivity contribution is 0.0844. The van der Waals surface area contributed by atoms with Crippen LogP contribution in [-0.4, -0.2) is 27.4 Å². The van der Waals surface area contributed by atoms with E-state index in [1.807, 2.05) is 30.3 Å². The molecule has 0 aliphatic heterocycles. The van der Waals surface area contributed by atoms with Gasteiger partial charge in [0.25, 0.3) is 0 Å². The Hall–Kier alpha value is -1.98. The lowest BCUT2D eigenvalue weighted by atomic mass is 10.1. The van der Waals surface area contributed by atoms with Crippen LogP contribution in [-0.2, 0) is 11.3 Å². The summed E-state index contributed by atoms with van der Waals surface area (Å²) in [5.74, 6) is 2.99. The van der Waals surface area contributed by atoms with Crippen LogP contribution < -0.4 is 14.8 Å². The van der Waals surface area contributed by atoms with Crippen LogP contribution in [0.1, 0.15) is 31.2 Å². The summed E-state index contributed by atoms with van der Waals surface area (Å²) in [5, 5.41) is 3.48. The molecule has 1 unspecified atom stereocenters. The number of furan rings is 1. The maximum atomic E-state index is 5.79. The SMILES string of the molecule is COc1ccc(OC)c(CNC(COCC(C)C)c2ccco2)c1. The van der Waals surface area contributed by atoms with Crippen LogP contribution in [0.15, 0.2) is 41.0 Å². The van der Waals surface area contributed by atoms with E-state index in [2.05, 4.69) is 19.2 Å². The molecule has 5 heteroatoms. The second-order valence-electron chi connectivity index (χ2n) is 6.06. The Morgan fingerprint density at radius 3 is 2.54 bits per heavy atom. The highest BCUT2D eigenvalue weighted by Crippen LogP contribution is 2.25. The van der Waals surface area contributed by atoms with E-state index in [1.54, 1.807) is 20.5 Å². The molecule has 0 aliphatic carbocycles. The molecule has 0 bridgehead atoms. The second kappa shape index (κ2) is 9.35. The Morgan fingerprint density at radius 2 is 1.92 bits per heavy atom. The molecular weight excluding hydrogens is 306 g/mol. The maximum Gasteiger partial charge on any atom is 0.123 e. The Morgan fingerprint density at radius 1 is 1.08 bits per heavy atom. The number of methoxy groups -OCH3 is 2. The van der Waals surface area contributed by atoms with E-state index in [4.69, 9.17) is 18.6 Å². The molecule has 0 saturated heterocycles. The van der Waals surface area contributed by atoms with Crippen molar-refractivity contribution in [1.29, 1.82) is 0 Å². The maximum absolute atomic E-state index is 5.79. The van der Waals surface area contributed by atoms with Crippen LogP contribution in [0.5, 0.6) is 11.5 Å². The lowest BCUT2D eigenvalue weighted by Gasteiger charge is -2.19. The van der Waals surface area contributed by atoms with E-state index in [9.17, 15) is 0 Å². The quantitative estimate of drug-likeness (QED) is 0.717. The van der Waals surface area contributed by atoms with Gasteiger partial charge in [0.05, 0.1) is 33.1 Å². The number of nitrogens with one attached hydrogen (secondary N) is 1. The minimum atomic E-state index is -0.0188. The average Bonchev–Trinajstić information content (AvgIpc) is 3.11. The summed E-state index contributed by atoms with van der Waals surface area (Å²) in [7, 11) is 3.32. The van der Waals surface area contributed by atoms with E-state index in [0.717, 1.165) is 29.4 Å². The fourth-order valence-electron chi connectivity index (χ4n) is 2.41. The lowest BCUT2D eigenvalue weighted by Crippen LogP contribution is -2.26. The van der Waals surface area contributed by atoms with Crippen molar-refractivity contribution < 1.29 is 18.6 Å². The first kappa shape index (κ1) is 18.4. The molecule has 132 valence electrons. The summed E-state index contributed by atoms with van der Waals surface area (Å²) in [6, 6.07) is 9.60. The predicted molar refractivity (Wildman–Crippen MR) is 93.5 cm³/mol. The molecular formula is C19H27NO4. The summed E-state index contributed by atoms with van der Waals surface area (Å²) in [4.78, 5) is 0. The fourth-order valence-corrected chi connectivity index (χ4v) is 2.41. The first-order valence-corrected chi connectivity index (χ1v) is 8.19. The normalized spacial score (nSPS) is 12.4. The van der Waals surface area contributed by atoms with Gasteiger partial charge in [-0.15, -0.1) is 0 Å². The van der Waals surface area contributed by atoms with E-state index >= 15 is 0 Å². The third kappa shape index (κ3) is 5.28. The van der Waals surface area contributed by atoms with Crippen molar-refractivity contribution >= 4 is 0 Å². The van der Waals surface area contributed by atoms with Crippen molar-refractivity contribution in [1.82, 2.24) is 5.32 Å². The highest BCUT2D eigenvalue weighted by Gasteiger charge is 2.16. The first-order chi connectivity index (χ1) is 11.6. The molecule has 0 amide bonds. The van der Waals surface area contributed by atoms with Gasteiger partial charge in [-0.2, -0.15) is 0 Å². The van der Waals surface area contributed by atoms with Gasteiger partial charge in [-0.25, -0.2) is 0 Å². The van der Waals surface area contributed by atoms with Crippen LogP contribution in [0.3, 0.4) is 0 Å². The largest absolute Gasteiger partial charge is 0.497 e. The molecule has 0 saturated carbocycles. The van der Waals surface area contributed by atoms with Crippen LogP contribution >= 0.6 is 0 Å². The topological polar surface area (TPSA) is 52.9 Å². The summed E-state index contributed by atoms with van der Waals surface area (Å²) in [6.45, 7) is 6.17. The van der Waals surface area contributed by atoms with Crippen LogP contribution in [0, 0.1) is 5.92 Å². The molecule has 2 aromatic rings. The zero-order chi connectivity index (χ0) is 17.4. The van der Waals surface area contributed by atoms with E-state index < -0.39 is 0 Å². The van der Waals surface area contributed by atoms with Crippen molar-refractivity contribution in [3.05, 3.63) is 47.9 Å². The number of rotatable bonds is 10. The van der Waals surface area contributed by atoms with Crippen LogP contribution in [0.2, 0.25) is 0 Å². The summed E-state index contributed by atoms with van der Waals surface area (Å²) >= 11 is 0. The van der Waals surface area contributed by atoms with Gasteiger partial charge < -0.3 is 23.9 Å². The van der Waals surface area contributed by atoms with Gasteiger partial charge >= 0.3 is 0 Å². The summed E-state index contributed by atoms with van der Waals surface area (Å²) < 4.78 is 22.1. The number of hydrogen-bond acceptors (Lipinski definition) is 5. The third-order valence-corrected chi connectivity index (χ3v) is 3.65. The monoisotopic (exact) mass is 333 g/mol. The van der Waals surface area contributed by atoms with Crippen molar-refractivity contribution in [3.8, 4) is 11.5 Å². The summed E-state index contributed by atoms with van der Waals surface area (Å²) in [5.41, 5.74) is 1.03. The number of benzene rings is 1. The molecule has 1 aromatic heterocycles. The molecule has 0 radical (unpaired) electrons. The molecule has 1 N–H and O–H groups in total. The number of ether oxygens (including phenoxy) is 3. The summed E-state index contributed by atoms with van der Waals surface area (Å²) in [6.07, 6.45) is 1.68. The molecule has 1 atom stereocenters. The van der Waals surface area contributed by atoms with Crippen molar-refractivity contribution in [2.45, 2.75) is 26.4 Å². The average molecular weight is 333 g/mol. The van der Waals surface area contributed by atoms with Gasteiger partial charge in [-0.05, 0) is 36.2 Å². The van der Waals surface area contributed by atoms with Gasteiger partial charge in [0.1, 0.15) is 17.3 Å². The Labute approximate surface area is 143 Å². The Kier molecular flexibility index (Phi) is 7.15. The van der Waals surface area contributed by atoms with E-state index in [0.29, 0.717) is 19.1 Å². The molecule has 1 aromatic carbocycles. The van der Waals surface area contributed by atoms with Gasteiger partial charge in [0, 0.05) is 18.7 Å². The van der Waals surface area contributed by atoms with Crippen LogP contribution in [0.4, 0.5) is 0 Å². The van der Waals surface area contributed by atoms with Gasteiger partial charge in [-0.1, -0.05) is 13.8 Å². The van der Waals surface area contributed by atoms with E-state index in [1.165, 1.54) is 0 Å². The standard InChI is InChI=1S/C19H27NO4/c1-14(2)12-23-13-17(19-6-5-9-24-19)20-11-15-10-16(21-3)7-8-18(15)22-4/h5-10,14,17,20H,11-13H2,1-4H3. The Bertz CT molecular complexity index is 595. The van der Waals surface area contributed by atoms with Crippen molar-refractivity contribution in [2.24, 2.45) is 5.92 Å². The molecule has 5 nitrogen and oxygen atoms in total. The smallest absolute Gasteiger partial charge is 0.123 e. The Balaban J connectivity index is 2.04.